The van der Waals surface area contributed by atoms with Crippen molar-refractivity contribution in [1.29, 1.82) is 0 Å². The van der Waals surface area contributed by atoms with Gasteiger partial charge in [0.05, 0.1) is 10.7 Å². The normalized spacial score (nSPS) is 10.9. The first-order valence-electron chi connectivity index (χ1n) is 6.04. The Morgan fingerprint density at radius 1 is 1.10 bits per heavy atom. The average molecular weight is 316 g/mol. The number of rotatable bonds is 4. The molecule has 1 N–H and O–H groups in total. The van der Waals surface area contributed by atoms with Gasteiger partial charge in [-0.05, 0) is 36.2 Å². The van der Waals surface area contributed by atoms with Crippen LogP contribution in [0, 0.1) is 6.92 Å². The fourth-order valence-corrected chi connectivity index (χ4v) is 2.27. The van der Waals surface area contributed by atoms with Crippen LogP contribution in [0.1, 0.15) is 23.1 Å². The minimum absolute atomic E-state index is 0.0114. The maximum atomic E-state index is 12.6. The lowest BCUT2D eigenvalue weighted by molar-refractivity contribution is 0.151. The van der Waals surface area contributed by atoms with Gasteiger partial charge in [-0.3, -0.25) is 0 Å². The summed E-state index contributed by atoms with van der Waals surface area (Å²) in [5.41, 5.74) is 2.35. The monoisotopic (exact) mass is 315 g/mol. The maximum absolute atomic E-state index is 12.6. The minimum Gasteiger partial charge on any atom is -0.380 e. The van der Waals surface area contributed by atoms with Gasteiger partial charge in [-0.25, -0.2) is 8.78 Å². The number of aryl methyl sites for hydroxylation is 1. The van der Waals surface area contributed by atoms with Crippen molar-refractivity contribution in [2.45, 2.75) is 19.9 Å². The lowest BCUT2D eigenvalue weighted by Gasteiger charge is -2.11. The molecule has 2 aromatic carbocycles. The number of hydrogen-bond donors (Lipinski definition) is 1. The quantitative estimate of drug-likeness (QED) is 0.746. The van der Waals surface area contributed by atoms with Crippen LogP contribution >= 0.6 is 23.2 Å². The van der Waals surface area contributed by atoms with Gasteiger partial charge in [-0.1, -0.05) is 41.4 Å². The Balaban J connectivity index is 2.13. The third kappa shape index (κ3) is 3.62. The molecule has 2 rings (SSSR count). The number of anilines is 1. The average Bonchev–Trinajstić information content (AvgIpc) is 2.41. The Hall–Kier alpha value is -1.32. The first kappa shape index (κ1) is 15.1. The summed E-state index contributed by atoms with van der Waals surface area (Å²) in [6.07, 6.45) is -2.47. The predicted octanol–water partition coefficient (Wildman–Crippen LogP) is 5.85. The van der Waals surface area contributed by atoms with E-state index in [1.54, 1.807) is 24.3 Å². The van der Waals surface area contributed by atoms with Crippen LogP contribution in [0.3, 0.4) is 0 Å². The molecule has 0 saturated carbocycles. The van der Waals surface area contributed by atoms with E-state index in [1.807, 2.05) is 6.92 Å². The van der Waals surface area contributed by atoms with Crippen LogP contribution in [0.15, 0.2) is 36.4 Å². The summed E-state index contributed by atoms with van der Waals surface area (Å²) in [4.78, 5) is 0. The Morgan fingerprint density at radius 3 is 2.55 bits per heavy atom. The van der Waals surface area contributed by atoms with E-state index in [2.05, 4.69) is 5.32 Å². The number of nitrogens with one attached hydrogen (secondary N) is 1. The van der Waals surface area contributed by atoms with Crippen LogP contribution in [-0.4, -0.2) is 0 Å². The van der Waals surface area contributed by atoms with Crippen LogP contribution in [0.4, 0.5) is 14.5 Å². The molecular formula is C15H13Cl2F2N. The molecule has 0 aliphatic carbocycles. The fraction of sp³-hybridized carbons (Fsp3) is 0.200. The molecule has 0 aliphatic heterocycles. The van der Waals surface area contributed by atoms with E-state index in [1.165, 1.54) is 12.1 Å². The Bertz CT molecular complexity index is 615. The second kappa shape index (κ2) is 6.42. The topological polar surface area (TPSA) is 12.0 Å². The molecule has 0 fully saturated rings. The van der Waals surface area contributed by atoms with Crippen LogP contribution in [-0.2, 0) is 6.54 Å². The van der Waals surface area contributed by atoms with Gasteiger partial charge in [0.25, 0.3) is 6.43 Å². The third-order valence-electron chi connectivity index (χ3n) is 2.93. The van der Waals surface area contributed by atoms with E-state index in [9.17, 15) is 8.78 Å². The van der Waals surface area contributed by atoms with Crippen LogP contribution in [0.5, 0.6) is 0 Å². The third-order valence-corrected chi connectivity index (χ3v) is 3.65. The molecule has 5 heteroatoms. The molecule has 0 aliphatic rings. The standard InChI is InChI=1S/C15H13Cl2F2N/c1-9-5-13(17)14(7-12(9)16)20-8-10-3-2-4-11(6-10)15(18)19/h2-7,15,20H,8H2,1H3. The van der Waals surface area contributed by atoms with Crippen molar-refractivity contribution in [3.8, 4) is 0 Å². The first-order valence-corrected chi connectivity index (χ1v) is 6.79. The molecule has 0 unspecified atom stereocenters. The van der Waals surface area contributed by atoms with Gasteiger partial charge in [0.1, 0.15) is 0 Å². The highest BCUT2D eigenvalue weighted by atomic mass is 35.5. The molecular weight excluding hydrogens is 303 g/mol. The molecule has 0 heterocycles. The summed E-state index contributed by atoms with van der Waals surface area (Å²) >= 11 is 12.1. The van der Waals surface area contributed by atoms with E-state index in [0.717, 1.165) is 11.1 Å². The number of hydrogen-bond acceptors (Lipinski definition) is 1. The molecule has 0 aromatic heterocycles. The number of alkyl halides is 2. The van der Waals surface area contributed by atoms with Crippen LogP contribution < -0.4 is 5.32 Å². The Morgan fingerprint density at radius 2 is 1.85 bits per heavy atom. The van der Waals surface area contributed by atoms with Gasteiger partial charge in [0, 0.05) is 17.1 Å². The van der Waals surface area contributed by atoms with Crippen LogP contribution in [0.2, 0.25) is 10.0 Å². The van der Waals surface area contributed by atoms with E-state index in [0.29, 0.717) is 22.3 Å². The van der Waals surface area contributed by atoms with Crippen molar-refractivity contribution in [1.82, 2.24) is 0 Å². The summed E-state index contributed by atoms with van der Waals surface area (Å²) in [7, 11) is 0. The van der Waals surface area contributed by atoms with Crippen molar-refractivity contribution in [3.05, 3.63) is 63.1 Å². The second-order valence-corrected chi connectivity index (χ2v) is 5.29. The minimum atomic E-state index is -2.47. The van der Waals surface area contributed by atoms with Crippen molar-refractivity contribution < 1.29 is 8.78 Å². The summed E-state index contributed by atoms with van der Waals surface area (Å²) in [5, 5.41) is 4.26. The molecule has 0 atom stereocenters. The van der Waals surface area contributed by atoms with Crippen molar-refractivity contribution in [2.24, 2.45) is 0 Å². The van der Waals surface area contributed by atoms with Gasteiger partial charge in [0.2, 0.25) is 0 Å². The van der Waals surface area contributed by atoms with E-state index >= 15 is 0 Å². The second-order valence-electron chi connectivity index (χ2n) is 4.48. The lowest BCUT2D eigenvalue weighted by Crippen LogP contribution is -2.01. The molecule has 0 saturated heterocycles. The van der Waals surface area contributed by atoms with Crippen LogP contribution in [0.25, 0.3) is 0 Å². The number of halogens is 4. The fourth-order valence-electron chi connectivity index (χ4n) is 1.82. The largest absolute Gasteiger partial charge is 0.380 e. The van der Waals surface area contributed by atoms with Gasteiger partial charge >= 0.3 is 0 Å². The molecule has 0 bridgehead atoms. The van der Waals surface area contributed by atoms with Crippen molar-refractivity contribution in [3.63, 3.8) is 0 Å². The Kier molecular flexibility index (Phi) is 4.84. The molecule has 20 heavy (non-hydrogen) atoms. The highest BCUT2D eigenvalue weighted by molar-refractivity contribution is 6.35. The summed E-state index contributed by atoms with van der Waals surface area (Å²) in [6.45, 7) is 2.27. The molecule has 0 spiro atoms. The highest BCUT2D eigenvalue weighted by Crippen LogP contribution is 2.29. The molecule has 106 valence electrons. The predicted molar refractivity (Wildman–Crippen MR) is 79.9 cm³/mol. The van der Waals surface area contributed by atoms with Gasteiger partial charge in [0.15, 0.2) is 0 Å². The van der Waals surface area contributed by atoms with E-state index < -0.39 is 6.43 Å². The Labute approximate surface area is 126 Å². The smallest absolute Gasteiger partial charge is 0.263 e. The summed E-state index contributed by atoms with van der Waals surface area (Å²) in [6, 6.07) is 9.77. The van der Waals surface area contributed by atoms with Gasteiger partial charge in [-0.15, -0.1) is 0 Å². The summed E-state index contributed by atoms with van der Waals surface area (Å²) < 4.78 is 25.2. The SMILES string of the molecule is Cc1cc(Cl)c(NCc2cccc(C(F)F)c2)cc1Cl. The van der Waals surface area contributed by atoms with Gasteiger partial charge < -0.3 is 5.32 Å². The zero-order chi connectivity index (χ0) is 14.7. The number of benzene rings is 2. The lowest BCUT2D eigenvalue weighted by atomic mass is 10.1. The van der Waals surface area contributed by atoms with Gasteiger partial charge in [-0.2, -0.15) is 0 Å². The molecule has 0 amide bonds. The van der Waals surface area contributed by atoms with Crippen molar-refractivity contribution >= 4 is 28.9 Å². The highest BCUT2D eigenvalue weighted by Gasteiger charge is 2.08. The molecule has 0 radical (unpaired) electrons. The van der Waals surface area contributed by atoms with E-state index in [-0.39, 0.29) is 5.56 Å². The molecule has 2 aromatic rings. The maximum Gasteiger partial charge on any atom is 0.263 e. The molecule has 1 nitrogen and oxygen atoms in total. The van der Waals surface area contributed by atoms with E-state index in [4.69, 9.17) is 23.2 Å². The zero-order valence-electron chi connectivity index (χ0n) is 10.8. The van der Waals surface area contributed by atoms with Crippen molar-refractivity contribution in [2.75, 3.05) is 5.32 Å². The first-order chi connectivity index (χ1) is 9.47. The summed E-state index contributed by atoms with van der Waals surface area (Å²) in [5.74, 6) is 0. The zero-order valence-corrected chi connectivity index (χ0v) is 12.3.